The third-order valence-electron chi connectivity index (χ3n) is 3.76. The third kappa shape index (κ3) is 2.66. The van der Waals surface area contributed by atoms with E-state index in [0.717, 1.165) is 22.5 Å². The lowest BCUT2D eigenvalue weighted by Gasteiger charge is -2.03. The maximum Gasteiger partial charge on any atom is 0.157 e. The first-order valence-electron chi connectivity index (χ1n) is 7.21. The molecule has 0 aliphatic carbocycles. The SMILES string of the molecule is Cl.Nc1c(-c2ccccc2)nc2cnc(-c3ccc(O)cc3)cn12. The summed E-state index contributed by atoms with van der Waals surface area (Å²) < 4.78 is 1.83. The van der Waals surface area contributed by atoms with Gasteiger partial charge < -0.3 is 10.8 Å². The first-order chi connectivity index (χ1) is 11.2. The number of aromatic nitrogens is 3. The normalized spacial score (nSPS) is 10.5. The summed E-state index contributed by atoms with van der Waals surface area (Å²) in [4.78, 5) is 9.00. The number of halogens is 1. The van der Waals surface area contributed by atoms with Gasteiger partial charge in [-0.15, -0.1) is 12.4 Å². The van der Waals surface area contributed by atoms with Crippen molar-refractivity contribution < 1.29 is 5.11 Å². The number of nitrogens with two attached hydrogens (primary N) is 1. The number of fused-ring (bicyclic) bond motifs is 1. The van der Waals surface area contributed by atoms with E-state index in [1.807, 2.05) is 53.1 Å². The van der Waals surface area contributed by atoms with Gasteiger partial charge in [0.15, 0.2) is 5.65 Å². The molecule has 0 amide bonds. The molecule has 0 saturated heterocycles. The Labute approximate surface area is 144 Å². The lowest BCUT2D eigenvalue weighted by atomic mass is 10.1. The summed E-state index contributed by atoms with van der Waals surface area (Å²) in [6, 6.07) is 16.7. The second-order valence-corrected chi connectivity index (χ2v) is 5.26. The van der Waals surface area contributed by atoms with E-state index in [1.54, 1.807) is 18.3 Å². The molecule has 0 unspecified atom stereocenters. The summed E-state index contributed by atoms with van der Waals surface area (Å²) in [6.07, 6.45) is 3.56. The zero-order chi connectivity index (χ0) is 15.8. The Kier molecular flexibility index (Phi) is 4.10. The Morgan fingerprint density at radius 2 is 1.62 bits per heavy atom. The van der Waals surface area contributed by atoms with Gasteiger partial charge in [0.1, 0.15) is 17.3 Å². The highest BCUT2D eigenvalue weighted by Gasteiger charge is 2.12. The number of nitrogen functional groups attached to an aromatic ring is 1. The number of benzene rings is 2. The van der Waals surface area contributed by atoms with Crippen LogP contribution in [-0.4, -0.2) is 19.5 Å². The fourth-order valence-corrected chi connectivity index (χ4v) is 2.56. The van der Waals surface area contributed by atoms with Crippen LogP contribution in [0.25, 0.3) is 28.2 Å². The van der Waals surface area contributed by atoms with E-state index in [0.29, 0.717) is 11.5 Å². The van der Waals surface area contributed by atoms with Gasteiger partial charge >= 0.3 is 0 Å². The molecule has 2 aromatic heterocycles. The highest BCUT2D eigenvalue weighted by Crippen LogP contribution is 2.27. The van der Waals surface area contributed by atoms with Gasteiger partial charge in [-0.3, -0.25) is 9.38 Å². The molecule has 0 aliphatic rings. The van der Waals surface area contributed by atoms with E-state index in [-0.39, 0.29) is 18.2 Å². The zero-order valence-corrected chi connectivity index (χ0v) is 13.4. The number of phenolic OH excluding ortho intramolecular Hbond substituents is 1. The molecule has 4 aromatic rings. The first-order valence-corrected chi connectivity index (χ1v) is 7.21. The van der Waals surface area contributed by atoms with Gasteiger partial charge in [-0.25, -0.2) is 4.98 Å². The number of hydrogen-bond donors (Lipinski definition) is 2. The molecular formula is C18H15ClN4O. The fourth-order valence-electron chi connectivity index (χ4n) is 2.56. The smallest absolute Gasteiger partial charge is 0.157 e. The van der Waals surface area contributed by atoms with Gasteiger partial charge in [0.25, 0.3) is 0 Å². The van der Waals surface area contributed by atoms with Crippen LogP contribution in [0.1, 0.15) is 0 Å². The molecule has 5 nitrogen and oxygen atoms in total. The molecule has 0 aliphatic heterocycles. The highest BCUT2D eigenvalue weighted by molar-refractivity contribution is 5.85. The van der Waals surface area contributed by atoms with Crippen molar-refractivity contribution in [2.75, 3.05) is 5.73 Å². The maximum atomic E-state index is 9.39. The number of anilines is 1. The van der Waals surface area contributed by atoms with Crippen LogP contribution in [0, 0.1) is 0 Å². The van der Waals surface area contributed by atoms with Crippen LogP contribution in [0.2, 0.25) is 0 Å². The lowest BCUT2D eigenvalue weighted by Crippen LogP contribution is -1.96. The quantitative estimate of drug-likeness (QED) is 0.583. The van der Waals surface area contributed by atoms with E-state index >= 15 is 0 Å². The molecule has 0 atom stereocenters. The Bertz CT molecular complexity index is 981. The van der Waals surface area contributed by atoms with Crippen molar-refractivity contribution in [1.82, 2.24) is 14.4 Å². The van der Waals surface area contributed by atoms with Crippen LogP contribution in [0.5, 0.6) is 5.75 Å². The maximum absolute atomic E-state index is 9.39. The van der Waals surface area contributed by atoms with Crippen LogP contribution in [-0.2, 0) is 0 Å². The van der Waals surface area contributed by atoms with Crippen LogP contribution >= 0.6 is 12.4 Å². The standard InChI is InChI=1S/C18H14N4O.ClH/c19-18-17(13-4-2-1-3-5-13)21-16-10-20-15(11-22(16)18)12-6-8-14(23)9-7-12;/h1-11,23H,19H2;1H. The molecule has 4 rings (SSSR count). The Balaban J connectivity index is 0.00000169. The minimum atomic E-state index is 0. The molecule has 3 N–H and O–H groups in total. The molecule has 2 aromatic carbocycles. The first kappa shape index (κ1) is 15.8. The topological polar surface area (TPSA) is 76.4 Å². The average molecular weight is 339 g/mol. The number of aromatic hydroxyl groups is 1. The molecular weight excluding hydrogens is 324 g/mol. The molecule has 0 radical (unpaired) electrons. The van der Waals surface area contributed by atoms with Crippen molar-refractivity contribution in [3.63, 3.8) is 0 Å². The van der Waals surface area contributed by atoms with Crippen LogP contribution in [0.3, 0.4) is 0 Å². The number of rotatable bonds is 2. The van der Waals surface area contributed by atoms with Crippen molar-refractivity contribution in [3.05, 3.63) is 67.0 Å². The molecule has 24 heavy (non-hydrogen) atoms. The second kappa shape index (κ2) is 6.22. The number of hydrogen-bond acceptors (Lipinski definition) is 4. The third-order valence-corrected chi connectivity index (χ3v) is 3.76. The molecule has 120 valence electrons. The van der Waals surface area contributed by atoms with E-state index in [2.05, 4.69) is 9.97 Å². The van der Waals surface area contributed by atoms with Crippen molar-refractivity contribution in [1.29, 1.82) is 0 Å². The Hall–Kier alpha value is -3.05. The summed E-state index contributed by atoms with van der Waals surface area (Å²) in [5, 5.41) is 9.39. The summed E-state index contributed by atoms with van der Waals surface area (Å²) in [6.45, 7) is 0. The minimum Gasteiger partial charge on any atom is -0.508 e. The van der Waals surface area contributed by atoms with E-state index in [9.17, 15) is 5.11 Å². The van der Waals surface area contributed by atoms with Gasteiger partial charge in [-0.05, 0) is 24.3 Å². The van der Waals surface area contributed by atoms with Gasteiger partial charge in [-0.1, -0.05) is 30.3 Å². The Morgan fingerprint density at radius 1 is 0.917 bits per heavy atom. The van der Waals surface area contributed by atoms with Crippen LogP contribution in [0.4, 0.5) is 5.82 Å². The predicted molar refractivity (Wildman–Crippen MR) is 97.2 cm³/mol. The summed E-state index contributed by atoms with van der Waals surface area (Å²) >= 11 is 0. The van der Waals surface area contributed by atoms with Gasteiger partial charge in [-0.2, -0.15) is 0 Å². The van der Waals surface area contributed by atoms with Crippen LogP contribution < -0.4 is 5.73 Å². The van der Waals surface area contributed by atoms with Crippen molar-refractivity contribution in [3.8, 4) is 28.3 Å². The average Bonchev–Trinajstić information content (AvgIpc) is 2.93. The predicted octanol–water partition coefficient (Wildman–Crippen LogP) is 3.77. The largest absolute Gasteiger partial charge is 0.508 e. The molecule has 0 saturated carbocycles. The zero-order valence-electron chi connectivity index (χ0n) is 12.6. The monoisotopic (exact) mass is 338 g/mol. The van der Waals surface area contributed by atoms with Gasteiger partial charge in [0, 0.05) is 17.3 Å². The number of nitrogens with zero attached hydrogens (tertiary/aromatic N) is 3. The minimum absolute atomic E-state index is 0. The van der Waals surface area contributed by atoms with Crippen LogP contribution in [0.15, 0.2) is 67.0 Å². The highest BCUT2D eigenvalue weighted by atomic mass is 35.5. The number of phenols is 1. The molecule has 6 heteroatoms. The molecule has 0 bridgehead atoms. The van der Waals surface area contributed by atoms with E-state index in [1.165, 1.54) is 0 Å². The van der Waals surface area contributed by atoms with Gasteiger partial charge in [0.2, 0.25) is 0 Å². The van der Waals surface area contributed by atoms with Gasteiger partial charge in [0.05, 0.1) is 11.9 Å². The second-order valence-electron chi connectivity index (χ2n) is 5.26. The summed E-state index contributed by atoms with van der Waals surface area (Å²) in [7, 11) is 0. The lowest BCUT2D eigenvalue weighted by molar-refractivity contribution is 0.475. The Morgan fingerprint density at radius 3 is 2.33 bits per heavy atom. The number of imidazole rings is 1. The molecule has 0 spiro atoms. The van der Waals surface area contributed by atoms with Crippen molar-refractivity contribution in [2.24, 2.45) is 0 Å². The van der Waals surface area contributed by atoms with Crippen molar-refractivity contribution in [2.45, 2.75) is 0 Å². The fraction of sp³-hybridized carbons (Fsp3) is 0. The molecule has 2 heterocycles. The van der Waals surface area contributed by atoms with Crippen molar-refractivity contribution >= 4 is 23.9 Å². The van der Waals surface area contributed by atoms with E-state index < -0.39 is 0 Å². The summed E-state index contributed by atoms with van der Waals surface area (Å²) in [5.74, 6) is 0.803. The van der Waals surface area contributed by atoms with E-state index in [4.69, 9.17) is 5.73 Å². The molecule has 0 fully saturated rings. The summed E-state index contributed by atoms with van der Waals surface area (Å²) in [5.41, 5.74) is 10.4.